The highest BCUT2D eigenvalue weighted by atomic mass is 16.4. The van der Waals surface area contributed by atoms with Gasteiger partial charge in [-0.1, -0.05) is 81.9 Å². The molecule has 1 aromatic carbocycles. The van der Waals surface area contributed by atoms with Gasteiger partial charge in [0.15, 0.2) is 0 Å². The van der Waals surface area contributed by atoms with Crippen LogP contribution in [0.2, 0.25) is 0 Å². The van der Waals surface area contributed by atoms with Crippen molar-refractivity contribution in [3.63, 3.8) is 0 Å². The first-order valence-corrected chi connectivity index (χ1v) is 8.69. The third-order valence-corrected chi connectivity index (χ3v) is 3.89. The second kappa shape index (κ2) is 12.0. The van der Waals surface area contributed by atoms with Gasteiger partial charge in [-0.15, -0.1) is 0 Å². The number of aryl methyl sites for hydroxylation is 1. The molecule has 0 atom stereocenters. The predicted octanol–water partition coefficient (Wildman–Crippen LogP) is 5.86. The minimum Gasteiger partial charge on any atom is -0.481 e. The maximum Gasteiger partial charge on any atom is 0.303 e. The Kier molecular flexibility index (Phi) is 10.1. The zero-order chi connectivity index (χ0) is 16.0. The number of carboxylic acid groups (broad SMARTS) is 1. The molecule has 0 bridgehead atoms. The van der Waals surface area contributed by atoms with Crippen LogP contribution in [0.5, 0.6) is 0 Å². The number of carbonyl (C=O) groups is 1. The summed E-state index contributed by atoms with van der Waals surface area (Å²) in [5, 5.41) is 8.67. The Balaban J connectivity index is 2.14. The van der Waals surface area contributed by atoms with Crippen molar-refractivity contribution < 1.29 is 9.90 Å². The lowest BCUT2D eigenvalue weighted by molar-refractivity contribution is -0.136. The van der Waals surface area contributed by atoms with Crippen LogP contribution in [0.3, 0.4) is 0 Å². The summed E-state index contributed by atoms with van der Waals surface area (Å²) in [6.45, 7) is 2.25. The Bertz CT molecular complexity index is 432. The van der Waals surface area contributed by atoms with Crippen molar-refractivity contribution in [3.05, 3.63) is 41.5 Å². The Labute approximate surface area is 135 Å². The molecule has 0 aromatic heterocycles. The fourth-order valence-corrected chi connectivity index (χ4v) is 2.49. The molecule has 0 aliphatic heterocycles. The highest BCUT2D eigenvalue weighted by molar-refractivity contribution is 5.67. The number of hydrogen-bond acceptors (Lipinski definition) is 1. The van der Waals surface area contributed by atoms with Crippen molar-refractivity contribution in [2.75, 3.05) is 0 Å². The molecule has 0 heterocycles. The van der Waals surface area contributed by atoms with Gasteiger partial charge in [-0.25, -0.2) is 0 Å². The predicted molar refractivity (Wildman–Crippen MR) is 94.0 cm³/mol. The Morgan fingerprint density at radius 3 is 2.27 bits per heavy atom. The number of unbranched alkanes of at least 4 members (excludes halogenated alkanes) is 7. The van der Waals surface area contributed by atoms with E-state index in [0.29, 0.717) is 6.42 Å². The maximum absolute atomic E-state index is 10.5. The third kappa shape index (κ3) is 9.38. The summed E-state index contributed by atoms with van der Waals surface area (Å²) in [7, 11) is 0. The molecule has 0 unspecified atom stereocenters. The minimum absolute atomic E-state index is 0.202. The molecule has 0 amide bonds. The molecule has 0 spiro atoms. The summed E-state index contributed by atoms with van der Waals surface area (Å²) in [6, 6.07) is 8.18. The van der Waals surface area contributed by atoms with Crippen molar-refractivity contribution in [1.29, 1.82) is 0 Å². The molecule has 1 N–H and O–H groups in total. The fourth-order valence-electron chi connectivity index (χ4n) is 2.49. The van der Waals surface area contributed by atoms with Gasteiger partial charge >= 0.3 is 5.97 Å². The number of aliphatic carboxylic acids is 1. The number of hydrogen-bond donors (Lipinski definition) is 1. The molecule has 0 saturated heterocycles. The van der Waals surface area contributed by atoms with E-state index in [2.05, 4.69) is 31.2 Å². The van der Waals surface area contributed by atoms with Crippen LogP contribution in [0.4, 0.5) is 0 Å². The molecule has 122 valence electrons. The Morgan fingerprint density at radius 2 is 1.64 bits per heavy atom. The topological polar surface area (TPSA) is 37.3 Å². The van der Waals surface area contributed by atoms with E-state index in [1.165, 1.54) is 50.5 Å². The van der Waals surface area contributed by atoms with Crippen LogP contribution in [0, 0.1) is 0 Å². The number of benzene rings is 1. The van der Waals surface area contributed by atoms with E-state index >= 15 is 0 Å². The molecule has 0 aliphatic carbocycles. The molecule has 2 nitrogen and oxygen atoms in total. The summed E-state index contributed by atoms with van der Waals surface area (Å²) in [5.74, 6) is -0.737. The van der Waals surface area contributed by atoms with Gasteiger partial charge in [0.1, 0.15) is 0 Å². The molecule has 22 heavy (non-hydrogen) atoms. The van der Waals surface area contributed by atoms with Crippen molar-refractivity contribution >= 4 is 12.0 Å². The SMILES string of the molecule is CCCCCCCCC/C=C\c1ccc(CCC(=O)O)cc1. The van der Waals surface area contributed by atoms with E-state index < -0.39 is 5.97 Å². The molecule has 0 radical (unpaired) electrons. The lowest BCUT2D eigenvalue weighted by Crippen LogP contribution is -1.97. The van der Waals surface area contributed by atoms with Crippen LogP contribution in [0.25, 0.3) is 6.08 Å². The van der Waals surface area contributed by atoms with E-state index in [1.54, 1.807) is 0 Å². The van der Waals surface area contributed by atoms with E-state index in [4.69, 9.17) is 5.11 Å². The number of allylic oxidation sites excluding steroid dienone is 1. The molecule has 0 aliphatic rings. The van der Waals surface area contributed by atoms with Crippen LogP contribution in [-0.4, -0.2) is 11.1 Å². The lowest BCUT2D eigenvalue weighted by Gasteiger charge is -2.00. The van der Waals surface area contributed by atoms with Gasteiger partial charge in [-0.05, 0) is 30.4 Å². The standard InChI is InChI=1S/C20H30O2/c1-2-3-4-5-6-7-8-9-10-11-18-12-14-19(15-13-18)16-17-20(21)22/h10-15H,2-9,16-17H2,1H3,(H,21,22)/b11-10-. The second-order valence-corrected chi connectivity index (χ2v) is 5.95. The number of rotatable bonds is 12. The minimum atomic E-state index is -0.737. The monoisotopic (exact) mass is 302 g/mol. The van der Waals surface area contributed by atoms with Gasteiger partial charge < -0.3 is 5.11 Å². The highest BCUT2D eigenvalue weighted by Crippen LogP contribution is 2.11. The molecular formula is C20H30O2. The molecule has 0 fully saturated rings. The summed E-state index contributed by atoms with van der Waals surface area (Å²) >= 11 is 0. The number of carboxylic acids is 1. The van der Waals surface area contributed by atoms with Crippen LogP contribution >= 0.6 is 0 Å². The Morgan fingerprint density at radius 1 is 1.00 bits per heavy atom. The van der Waals surface area contributed by atoms with Crippen LogP contribution in [0.1, 0.15) is 75.8 Å². The van der Waals surface area contributed by atoms with Crippen LogP contribution in [0.15, 0.2) is 30.3 Å². The summed E-state index contributed by atoms with van der Waals surface area (Å²) < 4.78 is 0. The quantitative estimate of drug-likeness (QED) is 0.491. The average molecular weight is 302 g/mol. The first kappa shape index (κ1) is 18.5. The Hall–Kier alpha value is -1.57. The first-order chi connectivity index (χ1) is 10.7. The van der Waals surface area contributed by atoms with Crippen molar-refractivity contribution in [2.45, 2.75) is 71.1 Å². The largest absolute Gasteiger partial charge is 0.481 e. The van der Waals surface area contributed by atoms with Crippen molar-refractivity contribution in [3.8, 4) is 0 Å². The van der Waals surface area contributed by atoms with E-state index in [1.807, 2.05) is 12.1 Å². The van der Waals surface area contributed by atoms with E-state index in [0.717, 1.165) is 12.0 Å². The van der Waals surface area contributed by atoms with Gasteiger partial charge in [0, 0.05) is 6.42 Å². The van der Waals surface area contributed by atoms with Crippen LogP contribution < -0.4 is 0 Å². The third-order valence-electron chi connectivity index (χ3n) is 3.89. The van der Waals surface area contributed by atoms with E-state index in [-0.39, 0.29) is 6.42 Å². The maximum atomic E-state index is 10.5. The summed E-state index contributed by atoms with van der Waals surface area (Å²) in [4.78, 5) is 10.5. The first-order valence-electron chi connectivity index (χ1n) is 8.69. The summed E-state index contributed by atoms with van der Waals surface area (Å²) in [5.41, 5.74) is 2.29. The lowest BCUT2D eigenvalue weighted by atomic mass is 10.1. The smallest absolute Gasteiger partial charge is 0.303 e. The average Bonchev–Trinajstić information content (AvgIpc) is 2.52. The summed E-state index contributed by atoms with van der Waals surface area (Å²) in [6.07, 6.45) is 15.8. The highest BCUT2D eigenvalue weighted by Gasteiger charge is 1.98. The van der Waals surface area contributed by atoms with Crippen LogP contribution in [-0.2, 0) is 11.2 Å². The molecule has 2 heteroatoms. The normalized spacial score (nSPS) is 11.1. The van der Waals surface area contributed by atoms with Gasteiger partial charge in [0.2, 0.25) is 0 Å². The molecular weight excluding hydrogens is 272 g/mol. The zero-order valence-corrected chi connectivity index (χ0v) is 13.9. The van der Waals surface area contributed by atoms with Gasteiger partial charge in [-0.2, -0.15) is 0 Å². The molecule has 1 rings (SSSR count). The zero-order valence-electron chi connectivity index (χ0n) is 13.9. The van der Waals surface area contributed by atoms with Gasteiger partial charge in [0.25, 0.3) is 0 Å². The van der Waals surface area contributed by atoms with Crippen molar-refractivity contribution in [1.82, 2.24) is 0 Å². The van der Waals surface area contributed by atoms with Gasteiger partial charge in [0.05, 0.1) is 0 Å². The second-order valence-electron chi connectivity index (χ2n) is 5.95. The van der Waals surface area contributed by atoms with E-state index in [9.17, 15) is 4.79 Å². The van der Waals surface area contributed by atoms with Crippen molar-refractivity contribution in [2.24, 2.45) is 0 Å². The molecule has 0 saturated carbocycles. The fraction of sp³-hybridized carbons (Fsp3) is 0.550. The molecule has 1 aromatic rings. The van der Waals surface area contributed by atoms with Gasteiger partial charge in [-0.3, -0.25) is 4.79 Å².